The summed E-state index contributed by atoms with van der Waals surface area (Å²) in [7, 11) is 0. The Kier molecular flexibility index (Phi) is 5.07. The predicted octanol–water partition coefficient (Wildman–Crippen LogP) is 3.41. The molecule has 0 saturated heterocycles. The first-order valence-corrected chi connectivity index (χ1v) is 9.07. The molecule has 0 bridgehead atoms. The first kappa shape index (κ1) is 16.4. The number of H-pyrrole nitrogens is 1. The lowest BCUT2D eigenvalue weighted by atomic mass is 10.1. The van der Waals surface area contributed by atoms with Gasteiger partial charge in [0.05, 0.1) is 23.9 Å². The minimum Gasteiger partial charge on any atom is -0.360 e. The lowest BCUT2D eigenvalue weighted by Crippen LogP contribution is -2.29. The van der Waals surface area contributed by atoms with Crippen molar-refractivity contribution in [2.45, 2.75) is 19.4 Å². The smallest absolute Gasteiger partial charge is 0.228 e. The monoisotopic (exact) mass is 360 g/mol. The number of thiophene rings is 1. The molecular formula is C16H16N4O2S2. The van der Waals surface area contributed by atoms with Gasteiger partial charge in [0.1, 0.15) is 0 Å². The number of thiazole rings is 1. The molecule has 2 amide bonds. The molecule has 0 unspecified atom stereocenters. The number of hydrogen-bond acceptors (Lipinski definition) is 5. The molecule has 0 saturated carbocycles. The van der Waals surface area contributed by atoms with Gasteiger partial charge in [-0.25, -0.2) is 4.98 Å². The summed E-state index contributed by atoms with van der Waals surface area (Å²) in [5.74, 6) is -0.348. The van der Waals surface area contributed by atoms with Crippen LogP contribution in [0.15, 0.2) is 41.2 Å². The van der Waals surface area contributed by atoms with Crippen molar-refractivity contribution in [1.82, 2.24) is 15.3 Å². The van der Waals surface area contributed by atoms with Crippen molar-refractivity contribution in [3.05, 3.63) is 46.1 Å². The lowest BCUT2D eigenvalue weighted by molar-refractivity contribution is -0.120. The van der Waals surface area contributed by atoms with E-state index in [9.17, 15) is 9.59 Å². The Labute approximate surface area is 147 Å². The molecule has 3 rings (SSSR count). The molecule has 0 radical (unpaired) electrons. The Hall–Kier alpha value is -2.45. The van der Waals surface area contributed by atoms with Gasteiger partial charge in [0, 0.05) is 23.4 Å². The quantitative estimate of drug-likeness (QED) is 0.629. The summed E-state index contributed by atoms with van der Waals surface area (Å²) < 4.78 is 0. The second kappa shape index (κ2) is 7.41. The molecule has 0 aromatic carbocycles. The van der Waals surface area contributed by atoms with Crippen molar-refractivity contribution >= 4 is 39.6 Å². The fourth-order valence-electron chi connectivity index (χ4n) is 2.26. The van der Waals surface area contributed by atoms with Crippen LogP contribution in [0.3, 0.4) is 0 Å². The molecule has 3 N–H and O–H groups in total. The van der Waals surface area contributed by atoms with Crippen LogP contribution in [0.5, 0.6) is 0 Å². The number of nitrogens with zero attached hydrogens (tertiary/aromatic N) is 1. The lowest BCUT2D eigenvalue weighted by Gasteiger charge is -2.15. The third-order valence-electron chi connectivity index (χ3n) is 3.28. The molecule has 8 heteroatoms. The maximum atomic E-state index is 12.3. The molecule has 6 nitrogen and oxygen atoms in total. The van der Waals surface area contributed by atoms with Gasteiger partial charge in [-0.15, -0.1) is 22.7 Å². The van der Waals surface area contributed by atoms with E-state index in [2.05, 4.69) is 20.6 Å². The Balaban J connectivity index is 1.64. The predicted molar refractivity (Wildman–Crippen MR) is 96.0 cm³/mol. The standard InChI is InChI=1S/C16H16N4O2S2/c1-10(21)18-12(14-5-3-7-23-14)8-15(22)20-16-19-13(9-24-16)11-4-2-6-17-11/h2-7,9,12,17H,8H2,1H3,(H,18,21)(H,19,20,22)/t12-/m0/s1. The molecule has 0 aliphatic heterocycles. The van der Waals surface area contributed by atoms with E-state index in [0.29, 0.717) is 5.13 Å². The second-order valence-electron chi connectivity index (χ2n) is 5.14. The fraction of sp³-hybridized carbons (Fsp3) is 0.188. The van der Waals surface area contributed by atoms with Gasteiger partial charge in [-0.2, -0.15) is 0 Å². The van der Waals surface area contributed by atoms with E-state index in [1.807, 2.05) is 41.2 Å². The van der Waals surface area contributed by atoms with Gasteiger partial charge in [-0.05, 0) is 23.6 Å². The van der Waals surface area contributed by atoms with Crippen LogP contribution in [0.25, 0.3) is 11.4 Å². The Morgan fingerprint density at radius 3 is 2.83 bits per heavy atom. The summed E-state index contributed by atoms with van der Waals surface area (Å²) in [6.07, 6.45) is 1.99. The van der Waals surface area contributed by atoms with E-state index in [4.69, 9.17) is 0 Å². The van der Waals surface area contributed by atoms with Crippen LogP contribution in [-0.2, 0) is 9.59 Å². The first-order chi connectivity index (χ1) is 11.6. The molecule has 0 aliphatic rings. The van der Waals surface area contributed by atoms with Crippen LogP contribution in [-0.4, -0.2) is 21.8 Å². The van der Waals surface area contributed by atoms with Crippen molar-refractivity contribution in [2.75, 3.05) is 5.32 Å². The highest BCUT2D eigenvalue weighted by molar-refractivity contribution is 7.14. The fourth-order valence-corrected chi connectivity index (χ4v) is 3.76. The number of carbonyl (C=O) groups is 2. The van der Waals surface area contributed by atoms with Gasteiger partial charge < -0.3 is 15.6 Å². The van der Waals surface area contributed by atoms with Crippen LogP contribution in [0.2, 0.25) is 0 Å². The van der Waals surface area contributed by atoms with Gasteiger partial charge in [0.25, 0.3) is 0 Å². The zero-order valence-corrected chi connectivity index (χ0v) is 14.5. The second-order valence-corrected chi connectivity index (χ2v) is 6.98. The first-order valence-electron chi connectivity index (χ1n) is 7.31. The van der Waals surface area contributed by atoms with Gasteiger partial charge in [0.2, 0.25) is 11.8 Å². The van der Waals surface area contributed by atoms with E-state index in [-0.39, 0.29) is 24.3 Å². The van der Waals surface area contributed by atoms with E-state index in [1.54, 1.807) is 0 Å². The minimum absolute atomic E-state index is 0.163. The zero-order chi connectivity index (χ0) is 16.9. The van der Waals surface area contributed by atoms with Gasteiger partial charge in [-0.1, -0.05) is 6.07 Å². The van der Waals surface area contributed by atoms with E-state index >= 15 is 0 Å². The molecule has 3 aromatic heterocycles. The Morgan fingerprint density at radius 1 is 1.29 bits per heavy atom. The van der Waals surface area contributed by atoms with E-state index < -0.39 is 0 Å². The molecule has 3 heterocycles. The van der Waals surface area contributed by atoms with Crippen molar-refractivity contribution in [3.63, 3.8) is 0 Å². The maximum Gasteiger partial charge on any atom is 0.228 e. The minimum atomic E-state index is -0.328. The van der Waals surface area contributed by atoms with Crippen molar-refractivity contribution in [1.29, 1.82) is 0 Å². The van der Waals surface area contributed by atoms with Crippen LogP contribution >= 0.6 is 22.7 Å². The SMILES string of the molecule is CC(=O)N[C@@H](CC(=O)Nc1nc(-c2ccc[nH]2)cs1)c1cccs1. The Morgan fingerprint density at radius 2 is 2.17 bits per heavy atom. The van der Waals surface area contributed by atoms with Gasteiger partial charge in [-0.3, -0.25) is 9.59 Å². The average Bonchev–Trinajstić information content (AvgIpc) is 3.28. The molecule has 1 atom stereocenters. The number of aromatic amines is 1. The summed E-state index contributed by atoms with van der Waals surface area (Å²) >= 11 is 2.88. The average molecular weight is 360 g/mol. The number of amides is 2. The topological polar surface area (TPSA) is 86.9 Å². The van der Waals surface area contributed by atoms with Crippen molar-refractivity contribution in [2.24, 2.45) is 0 Å². The summed E-state index contributed by atoms with van der Waals surface area (Å²) in [5, 5.41) is 9.96. The van der Waals surface area contributed by atoms with Crippen molar-refractivity contribution < 1.29 is 9.59 Å². The molecule has 0 spiro atoms. The number of nitrogens with one attached hydrogen (secondary N) is 3. The van der Waals surface area contributed by atoms with E-state index in [0.717, 1.165) is 16.3 Å². The van der Waals surface area contributed by atoms with Gasteiger partial charge in [0.15, 0.2) is 5.13 Å². The third-order valence-corrected chi connectivity index (χ3v) is 5.02. The van der Waals surface area contributed by atoms with Crippen LogP contribution in [0.1, 0.15) is 24.3 Å². The summed E-state index contributed by atoms with van der Waals surface area (Å²) in [6, 6.07) is 7.29. The largest absolute Gasteiger partial charge is 0.360 e. The summed E-state index contributed by atoms with van der Waals surface area (Å²) in [5.41, 5.74) is 1.69. The number of carbonyl (C=O) groups excluding carboxylic acids is 2. The molecule has 0 aliphatic carbocycles. The Bertz CT molecular complexity index is 809. The van der Waals surface area contributed by atoms with Crippen molar-refractivity contribution in [3.8, 4) is 11.4 Å². The van der Waals surface area contributed by atoms with Gasteiger partial charge >= 0.3 is 0 Å². The normalized spacial score (nSPS) is 11.9. The highest BCUT2D eigenvalue weighted by atomic mass is 32.1. The number of anilines is 1. The molecule has 0 fully saturated rings. The summed E-state index contributed by atoms with van der Waals surface area (Å²) in [6.45, 7) is 1.45. The van der Waals surface area contributed by atoms with Crippen LogP contribution < -0.4 is 10.6 Å². The number of rotatable bonds is 6. The molecule has 124 valence electrons. The van der Waals surface area contributed by atoms with Crippen LogP contribution in [0.4, 0.5) is 5.13 Å². The third kappa shape index (κ3) is 4.09. The molecule has 3 aromatic rings. The number of hydrogen-bond donors (Lipinski definition) is 3. The van der Waals surface area contributed by atoms with Crippen LogP contribution in [0, 0.1) is 0 Å². The maximum absolute atomic E-state index is 12.3. The number of aromatic nitrogens is 2. The van der Waals surface area contributed by atoms with E-state index in [1.165, 1.54) is 29.6 Å². The summed E-state index contributed by atoms with van der Waals surface area (Å²) in [4.78, 5) is 32.1. The highest BCUT2D eigenvalue weighted by Gasteiger charge is 2.19. The molecule has 24 heavy (non-hydrogen) atoms. The highest BCUT2D eigenvalue weighted by Crippen LogP contribution is 2.25. The zero-order valence-electron chi connectivity index (χ0n) is 12.9. The molecular weight excluding hydrogens is 344 g/mol.